The third-order valence-corrected chi connectivity index (χ3v) is 9.64. The van der Waals surface area contributed by atoms with Gasteiger partial charge in [0.2, 0.25) is 11.8 Å². The summed E-state index contributed by atoms with van der Waals surface area (Å²) in [6, 6.07) is 16.1. The summed E-state index contributed by atoms with van der Waals surface area (Å²) in [6.45, 7) is 2.51. The van der Waals surface area contributed by atoms with Crippen LogP contribution in [0.4, 0.5) is 4.79 Å². The number of ether oxygens (including phenoxy) is 1. The summed E-state index contributed by atoms with van der Waals surface area (Å²) in [4.78, 5) is 42.8. The van der Waals surface area contributed by atoms with Crippen LogP contribution in [0.3, 0.4) is 0 Å². The van der Waals surface area contributed by atoms with E-state index in [9.17, 15) is 24.6 Å². The number of carbonyl (C=O) groups excluding carboxylic acids is 1. The van der Waals surface area contributed by atoms with Gasteiger partial charge in [0.25, 0.3) is 5.56 Å². The lowest BCUT2D eigenvalue weighted by Crippen LogP contribution is -2.41. The molecule has 15 heteroatoms. The number of nitrogens with zero attached hydrogens (tertiary/aromatic N) is 5. The molecule has 0 radical (unpaired) electrons. The standard InChI is InChI=1S/C36H37Cl2N7O6/c1-20(46)15-39-16-30-42-45-18-22(14-29(45)35(48)43(30)2)24-6-4-7-25(32(24)37)26-8-5-9-27(33(26)38)28-12-10-21(34(41-28)51-3)17-44(36(49)50)19-23-11-13-31(47)40-23/h4-10,12,14,18,20,23,39,46H,11,13,15-17,19H2,1-3H3,(H,40,47)(H,49,50)/t20?,23-/m0/s1. The molecule has 0 saturated carbocycles. The summed E-state index contributed by atoms with van der Waals surface area (Å²) in [5.41, 5.74) is 4.55. The van der Waals surface area contributed by atoms with Crippen molar-refractivity contribution in [3.63, 3.8) is 0 Å². The molecule has 2 aromatic carbocycles. The highest BCUT2D eigenvalue weighted by atomic mass is 35.5. The van der Waals surface area contributed by atoms with Crippen molar-refractivity contribution in [3.05, 3.63) is 92.6 Å². The number of aliphatic hydroxyl groups is 1. The average Bonchev–Trinajstić information content (AvgIpc) is 3.72. The van der Waals surface area contributed by atoms with Crippen LogP contribution in [0.15, 0.2) is 65.6 Å². The second-order valence-corrected chi connectivity index (χ2v) is 13.2. The van der Waals surface area contributed by atoms with Crippen LogP contribution >= 0.6 is 23.2 Å². The van der Waals surface area contributed by atoms with Crippen LogP contribution in [-0.2, 0) is 24.9 Å². The third-order valence-electron chi connectivity index (χ3n) is 8.82. The lowest BCUT2D eigenvalue weighted by Gasteiger charge is -2.23. The van der Waals surface area contributed by atoms with Gasteiger partial charge in [-0.2, -0.15) is 5.10 Å². The number of nitrogens with one attached hydrogen (secondary N) is 2. The topological polar surface area (TPSA) is 163 Å². The number of benzene rings is 2. The Hall–Kier alpha value is -4.95. The summed E-state index contributed by atoms with van der Waals surface area (Å²) in [5.74, 6) is 0.672. The normalized spacial score (nSPS) is 14.9. The number of pyridine rings is 1. The van der Waals surface area contributed by atoms with E-state index >= 15 is 0 Å². The van der Waals surface area contributed by atoms with Gasteiger partial charge in [-0.1, -0.05) is 59.6 Å². The van der Waals surface area contributed by atoms with Gasteiger partial charge in [0.05, 0.1) is 42.0 Å². The number of aliphatic hydroxyl groups excluding tert-OH is 1. The Morgan fingerprint density at radius 3 is 2.43 bits per heavy atom. The minimum absolute atomic E-state index is 0.0200. The zero-order valence-electron chi connectivity index (χ0n) is 28.2. The van der Waals surface area contributed by atoms with E-state index in [1.165, 1.54) is 16.6 Å². The number of aromatic nitrogens is 4. The van der Waals surface area contributed by atoms with E-state index in [1.807, 2.05) is 36.4 Å². The molecule has 266 valence electrons. The summed E-state index contributed by atoms with van der Waals surface area (Å²) in [5, 5.41) is 30.8. The highest BCUT2D eigenvalue weighted by Crippen LogP contribution is 2.42. The van der Waals surface area contributed by atoms with E-state index in [0.717, 1.165) is 0 Å². The van der Waals surface area contributed by atoms with E-state index in [4.69, 9.17) is 27.9 Å². The maximum absolute atomic E-state index is 13.2. The van der Waals surface area contributed by atoms with Crippen molar-refractivity contribution in [2.75, 3.05) is 20.2 Å². The van der Waals surface area contributed by atoms with Crippen LogP contribution < -0.4 is 20.9 Å². The first-order valence-electron chi connectivity index (χ1n) is 16.3. The van der Waals surface area contributed by atoms with Crippen LogP contribution in [0.1, 0.15) is 31.2 Å². The molecule has 1 saturated heterocycles. The van der Waals surface area contributed by atoms with Gasteiger partial charge in [0, 0.05) is 72.2 Å². The Balaban J connectivity index is 1.30. The smallest absolute Gasteiger partial charge is 0.407 e. The summed E-state index contributed by atoms with van der Waals surface area (Å²) >= 11 is 14.1. The predicted molar refractivity (Wildman–Crippen MR) is 194 cm³/mol. The second-order valence-electron chi connectivity index (χ2n) is 12.5. The first-order chi connectivity index (χ1) is 24.4. The van der Waals surface area contributed by atoms with Crippen molar-refractivity contribution in [1.29, 1.82) is 0 Å². The van der Waals surface area contributed by atoms with E-state index in [0.29, 0.717) is 86.4 Å². The fourth-order valence-corrected chi connectivity index (χ4v) is 6.84. The van der Waals surface area contributed by atoms with E-state index in [-0.39, 0.29) is 36.5 Å². The molecule has 0 bridgehead atoms. The maximum atomic E-state index is 13.2. The number of rotatable bonds is 12. The van der Waals surface area contributed by atoms with E-state index < -0.39 is 12.2 Å². The molecule has 1 aliphatic rings. The highest BCUT2D eigenvalue weighted by Gasteiger charge is 2.26. The van der Waals surface area contributed by atoms with Gasteiger partial charge in [0.1, 0.15) is 11.3 Å². The fourth-order valence-electron chi connectivity index (χ4n) is 6.18. The Morgan fingerprint density at radius 1 is 1.10 bits per heavy atom. The van der Waals surface area contributed by atoms with Crippen molar-refractivity contribution in [2.24, 2.45) is 7.05 Å². The van der Waals surface area contributed by atoms with Gasteiger partial charge < -0.3 is 30.5 Å². The lowest BCUT2D eigenvalue weighted by molar-refractivity contribution is -0.119. The van der Waals surface area contributed by atoms with Crippen LogP contribution in [0.25, 0.3) is 39.0 Å². The molecular formula is C36H37Cl2N7O6. The van der Waals surface area contributed by atoms with Gasteiger partial charge in [-0.25, -0.2) is 14.3 Å². The molecule has 1 unspecified atom stereocenters. The van der Waals surface area contributed by atoms with Gasteiger partial charge in [-0.05, 0) is 31.5 Å². The molecule has 1 fully saturated rings. The number of carbonyl (C=O) groups is 2. The summed E-state index contributed by atoms with van der Waals surface area (Å²) in [7, 11) is 3.12. The maximum Gasteiger partial charge on any atom is 0.407 e. The summed E-state index contributed by atoms with van der Waals surface area (Å²) < 4.78 is 8.60. The molecule has 2 atom stereocenters. The Morgan fingerprint density at radius 2 is 1.78 bits per heavy atom. The number of fused-ring (bicyclic) bond motifs is 1. The Bertz CT molecular complexity index is 2180. The van der Waals surface area contributed by atoms with Crippen molar-refractivity contribution >= 4 is 40.7 Å². The molecule has 13 nitrogen and oxygen atoms in total. The first-order valence-corrected chi connectivity index (χ1v) is 17.1. The first kappa shape index (κ1) is 35.9. The summed E-state index contributed by atoms with van der Waals surface area (Å²) in [6.07, 6.45) is 1.05. The van der Waals surface area contributed by atoms with Gasteiger partial charge in [-0.15, -0.1) is 0 Å². The zero-order chi connectivity index (χ0) is 36.4. The molecule has 3 aromatic heterocycles. The Kier molecular flexibility index (Phi) is 10.6. The molecule has 2 amide bonds. The number of carboxylic acid groups (broad SMARTS) is 1. The van der Waals surface area contributed by atoms with E-state index in [1.54, 1.807) is 42.9 Å². The zero-order valence-corrected chi connectivity index (χ0v) is 29.7. The van der Waals surface area contributed by atoms with Crippen LogP contribution in [-0.4, -0.2) is 78.6 Å². The number of amides is 2. The molecule has 51 heavy (non-hydrogen) atoms. The van der Waals surface area contributed by atoms with Crippen LogP contribution in [0, 0.1) is 0 Å². The highest BCUT2D eigenvalue weighted by molar-refractivity contribution is 6.39. The van der Waals surface area contributed by atoms with Crippen molar-refractivity contribution in [2.45, 2.75) is 45.0 Å². The van der Waals surface area contributed by atoms with E-state index in [2.05, 4.69) is 20.7 Å². The van der Waals surface area contributed by atoms with Gasteiger partial charge in [0.15, 0.2) is 0 Å². The Labute approximate surface area is 303 Å². The van der Waals surface area contributed by atoms with Crippen LogP contribution in [0.2, 0.25) is 10.0 Å². The lowest BCUT2D eigenvalue weighted by atomic mass is 9.97. The molecular weight excluding hydrogens is 697 g/mol. The molecule has 4 heterocycles. The minimum Gasteiger partial charge on any atom is -0.481 e. The molecule has 4 N–H and O–H groups in total. The molecule has 0 spiro atoms. The number of halogens is 2. The van der Waals surface area contributed by atoms with Crippen molar-refractivity contribution < 1.29 is 24.5 Å². The van der Waals surface area contributed by atoms with Gasteiger partial charge in [-0.3, -0.25) is 14.2 Å². The van der Waals surface area contributed by atoms with Gasteiger partial charge >= 0.3 is 6.09 Å². The molecule has 6 rings (SSSR count). The molecule has 0 aliphatic carbocycles. The number of hydrogen-bond donors (Lipinski definition) is 4. The molecule has 5 aromatic rings. The fraction of sp³-hybridized carbons (Fsp3) is 0.306. The number of hydrogen-bond acceptors (Lipinski definition) is 8. The SMILES string of the molecule is COc1nc(-c2cccc(-c3cccc(-c4cc5c(=O)n(C)c(CNCC(C)O)nn5c4)c3Cl)c2Cl)ccc1CN(C[C@@H]1CCC(=O)N1)C(=O)O. The average molecular weight is 735 g/mol. The van der Waals surface area contributed by atoms with Crippen molar-refractivity contribution in [1.82, 2.24) is 34.7 Å². The number of methoxy groups -OCH3 is 1. The largest absolute Gasteiger partial charge is 0.481 e. The predicted octanol–water partition coefficient (Wildman–Crippen LogP) is 4.97. The molecule has 1 aliphatic heterocycles. The van der Waals surface area contributed by atoms with Crippen LogP contribution in [0.5, 0.6) is 5.88 Å². The monoisotopic (exact) mass is 733 g/mol. The minimum atomic E-state index is -1.12. The third kappa shape index (κ3) is 7.57. The quantitative estimate of drug-likeness (QED) is 0.139. The van der Waals surface area contributed by atoms with Crippen molar-refractivity contribution in [3.8, 4) is 39.4 Å². The second kappa shape index (κ2) is 15.1.